The van der Waals surface area contributed by atoms with E-state index in [4.69, 9.17) is 47.4 Å². The first-order valence-corrected chi connectivity index (χ1v) is 31.6. The average Bonchev–Trinajstić information content (AvgIpc) is 0.826. The minimum Gasteiger partial charge on any atom is -0.460 e. The molecule has 9 N–H and O–H groups in total. The number of allylic oxidation sites excluding steroid dienone is 6. The summed E-state index contributed by atoms with van der Waals surface area (Å²) in [7, 11) is 4.28. The highest BCUT2D eigenvalue weighted by Crippen LogP contribution is 2.39. The van der Waals surface area contributed by atoms with Gasteiger partial charge in [-0.1, -0.05) is 71.1 Å². The maximum absolute atomic E-state index is 14.7. The molecule has 510 valence electrons. The number of hydrogen-bond donors (Lipinski definition) is 9. The molecule has 0 radical (unpaired) electrons. The van der Waals surface area contributed by atoms with Crippen molar-refractivity contribution in [3.63, 3.8) is 0 Å². The first kappa shape index (κ1) is 74.6. The lowest BCUT2D eigenvalue weighted by molar-refractivity contribution is -0.355. The molecule has 5 heterocycles. The van der Waals surface area contributed by atoms with Crippen molar-refractivity contribution in [2.24, 2.45) is 35.5 Å². The summed E-state index contributed by atoms with van der Waals surface area (Å²) in [6, 6.07) is -1.28. The Kier molecular flexibility index (Phi) is 28.3. The molecule has 2 bridgehead atoms. The van der Waals surface area contributed by atoms with Crippen molar-refractivity contribution in [2.75, 3.05) is 41.1 Å². The van der Waals surface area contributed by atoms with Crippen molar-refractivity contribution in [2.45, 2.75) is 241 Å². The van der Waals surface area contributed by atoms with Gasteiger partial charge in [0.2, 0.25) is 12.1 Å². The van der Waals surface area contributed by atoms with Crippen molar-refractivity contribution in [3.8, 4) is 0 Å². The van der Waals surface area contributed by atoms with Gasteiger partial charge in [0.15, 0.2) is 12.1 Å². The van der Waals surface area contributed by atoms with Gasteiger partial charge in [0, 0.05) is 58.5 Å². The van der Waals surface area contributed by atoms with E-state index in [1.54, 1.807) is 47.8 Å². The van der Waals surface area contributed by atoms with E-state index in [-0.39, 0.29) is 56.3 Å². The standard InChI is InChI=1S/C64H99NO25/c1-32-16-12-11-13-17-33(2)44(81-8)28-40-21-19-38(7)64(80,90-40)58(76)59(77)65-23-15-14-18-41(65)60(78)84-45(29-42(68)34(3)25-37(6)50(70)57(83-10)49(69)36(5)24-32)35(4)26-39-20-22-43(46(27-39)82-9)87-63(79)89-62-55(75)53(73)56(48(31-67)86-62)88-61-54(74)52(72)51(71)47(30-66)85-61/h11-13,16-17,25,32,34-36,38-41,43-48,50-57,61-62,66-67,70-75,80H,14-15,18-24,26-31H2,1-10H3/b13-11+,16-12-,33-17+,37-25+/t32-,34-,35-,36-,38-,39?,40+,41?,43-,44+,45+,46-,47+,48-,50-,51-,52-,53-,54+,55-,56-,57+,61?,62?,64-/m1/s1. The number of esters is 1. The van der Waals surface area contributed by atoms with E-state index < -0.39 is 182 Å². The van der Waals surface area contributed by atoms with Crippen LogP contribution in [0.3, 0.4) is 0 Å². The van der Waals surface area contributed by atoms with E-state index in [9.17, 15) is 74.7 Å². The number of aliphatic hydroxyl groups excluding tert-OH is 8. The predicted molar refractivity (Wildman–Crippen MR) is 317 cm³/mol. The largest absolute Gasteiger partial charge is 0.511 e. The first-order chi connectivity index (χ1) is 42.6. The zero-order valence-electron chi connectivity index (χ0n) is 53.4. The van der Waals surface area contributed by atoms with Gasteiger partial charge in [0.1, 0.15) is 85.1 Å². The highest BCUT2D eigenvalue weighted by Gasteiger charge is 2.55. The summed E-state index contributed by atoms with van der Waals surface area (Å²) in [6.45, 7) is 10.6. The first-order valence-electron chi connectivity index (χ1n) is 31.6. The van der Waals surface area contributed by atoms with E-state index in [1.165, 1.54) is 14.2 Å². The number of cyclic esters (lactones) is 1. The van der Waals surface area contributed by atoms with Crippen LogP contribution in [-0.4, -0.2) is 243 Å². The van der Waals surface area contributed by atoms with Gasteiger partial charge in [-0.25, -0.2) is 9.59 Å². The second-order valence-electron chi connectivity index (χ2n) is 25.6. The Morgan fingerprint density at radius 1 is 0.733 bits per heavy atom. The average molecular weight is 1280 g/mol. The zero-order chi connectivity index (χ0) is 66.5. The van der Waals surface area contributed by atoms with Gasteiger partial charge in [-0.2, -0.15) is 0 Å². The van der Waals surface area contributed by atoms with Crippen LogP contribution < -0.4 is 0 Å². The number of carbonyl (C=O) groups is 6. The van der Waals surface area contributed by atoms with Crippen LogP contribution in [0.4, 0.5) is 4.79 Å². The fraction of sp³-hybridized carbons (Fsp3) is 0.781. The number of nitrogens with zero attached hydrogens (tertiary/aromatic N) is 1. The van der Waals surface area contributed by atoms with Gasteiger partial charge in [0.05, 0.1) is 31.5 Å². The number of ether oxygens (including phenoxy) is 10. The predicted octanol–water partition coefficient (Wildman–Crippen LogP) is 1.97. The Hall–Kier alpha value is -4.46. The molecule has 0 aromatic carbocycles. The van der Waals surface area contributed by atoms with Crippen LogP contribution in [0.25, 0.3) is 0 Å². The Balaban J connectivity index is 1.20. The minimum atomic E-state index is -2.52. The van der Waals surface area contributed by atoms with Crippen LogP contribution in [0.5, 0.6) is 0 Å². The second kappa shape index (κ2) is 34.1. The number of amides is 1. The fourth-order valence-corrected chi connectivity index (χ4v) is 13.1. The lowest BCUT2D eigenvalue weighted by Gasteiger charge is -2.45. The van der Waals surface area contributed by atoms with Crippen molar-refractivity contribution in [3.05, 3.63) is 47.6 Å². The number of hydrogen-bond acceptors (Lipinski definition) is 25. The fourth-order valence-electron chi connectivity index (χ4n) is 13.1. The van der Waals surface area contributed by atoms with E-state index in [0.29, 0.717) is 50.5 Å². The summed E-state index contributed by atoms with van der Waals surface area (Å²) in [5.41, 5.74) is 1.13. The summed E-state index contributed by atoms with van der Waals surface area (Å²) >= 11 is 0. The molecule has 5 fully saturated rings. The third-order valence-electron chi connectivity index (χ3n) is 18.9. The summed E-state index contributed by atoms with van der Waals surface area (Å²) in [5, 5.41) is 96.5. The molecule has 6 rings (SSSR count). The molecule has 0 aromatic rings. The smallest absolute Gasteiger partial charge is 0.460 e. The Morgan fingerprint density at radius 2 is 1.42 bits per heavy atom. The van der Waals surface area contributed by atoms with Crippen LogP contribution >= 0.6 is 0 Å². The maximum atomic E-state index is 14.7. The summed E-state index contributed by atoms with van der Waals surface area (Å²) in [4.78, 5) is 86.4. The molecule has 0 aromatic heterocycles. The number of piperidine rings is 1. The minimum absolute atomic E-state index is 0.0114. The van der Waals surface area contributed by atoms with Crippen LogP contribution in [0.15, 0.2) is 47.6 Å². The number of Topliss-reactive ketones (excluding diaryl/α,β-unsaturated/α-hetero) is 3. The highest BCUT2D eigenvalue weighted by atomic mass is 16.8. The third kappa shape index (κ3) is 18.5. The van der Waals surface area contributed by atoms with Gasteiger partial charge in [-0.15, -0.1) is 0 Å². The number of rotatable bonds is 12. The SMILES string of the molecule is CO[C@H]1C[C@@H]2CC[C@@H](C)[C@@](O)(O2)C(=O)C(=O)N2CCCCC2C(=O)O[C@H]([C@H](C)CC2CC[C@@H](OC(=O)OC3O[C@H](CO)[C@@H](OC4O[C@@H](CO)[C@@H](O)[C@@H](O)[C@@H]4O)[C@H](O)[C@H]3O)[C@H](OC)C2)CC(=O)[C@H](C)/C=C(\C)[C@@H](O)[C@@H](OC)C(=O)[C@H](C)C[C@H](C)\C=C/C=C/C=C/1C. The molecule has 90 heavy (non-hydrogen) atoms. The van der Waals surface area contributed by atoms with Crippen molar-refractivity contribution in [1.82, 2.24) is 4.90 Å². The molecule has 25 atom stereocenters. The molecule has 26 nitrogen and oxygen atoms in total. The molecule has 1 aliphatic carbocycles. The molecular weight excluding hydrogens is 1180 g/mol. The summed E-state index contributed by atoms with van der Waals surface area (Å²) < 4.78 is 57.3. The van der Waals surface area contributed by atoms with Crippen molar-refractivity contribution < 1.29 is 122 Å². The molecular formula is C64H99NO25. The van der Waals surface area contributed by atoms with E-state index >= 15 is 0 Å². The Labute approximate surface area is 526 Å². The summed E-state index contributed by atoms with van der Waals surface area (Å²) in [6.07, 6.45) is -11.3. The number of aliphatic hydroxyl groups is 9. The van der Waals surface area contributed by atoms with Crippen LogP contribution in [0.2, 0.25) is 0 Å². The topological polar surface area (TPSA) is 380 Å². The van der Waals surface area contributed by atoms with E-state index in [2.05, 4.69) is 0 Å². The molecule has 1 amide bonds. The highest BCUT2D eigenvalue weighted by molar-refractivity contribution is 6.39. The summed E-state index contributed by atoms with van der Waals surface area (Å²) in [5.74, 6) is -9.44. The van der Waals surface area contributed by atoms with E-state index in [0.717, 1.165) is 10.5 Å². The molecule has 6 aliphatic rings. The van der Waals surface area contributed by atoms with Crippen LogP contribution in [0, 0.1) is 35.5 Å². The Morgan fingerprint density at radius 3 is 2.09 bits per heavy atom. The number of carbonyl (C=O) groups excluding carboxylic acids is 6. The number of ketones is 3. The monoisotopic (exact) mass is 1280 g/mol. The lowest BCUT2D eigenvalue weighted by Crippen LogP contribution is -2.64. The van der Waals surface area contributed by atoms with Crippen molar-refractivity contribution >= 4 is 35.4 Å². The van der Waals surface area contributed by atoms with Crippen LogP contribution in [-0.2, 0) is 71.3 Å². The van der Waals surface area contributed by atoms with Gasteiger partial charge in [-0.3, -0.25) is 19.2 Å². The second-order valence-corrected chi connectivity index (χ2v) is 25.6. The Bertz CT molecular complexity index is 2520. The third-order valence-corrected chi connectivity index (χ3v) is 18.9. The molecule has 4 saturated heterocycles. The maximum Gasteiger partial charge on any atom is 0.511 e. The van der Waals surface area contributed by atoms with Crippen molar-refractivity contribution in [1.29, 1.82) is 0 Å². The van der Waals surface area contributed by atoms with E-state index in [1.807, 2.05) is 44.2 Å². The van der Waals surface area contributed by atoms with Gasteiger partial charge < -0.3 is 98.2 Å². The molecule has 5 aliphatic heterocycles. The number of fused-ring (bicyclic) bond motifs is 3. The quantitative estimate of drug-likeness (QED) is 0.0766. The number of methoxy groups -OCH3 is 3. The zero-order valence-corrected chi connectivity index (χ0v) is 53.4. The van der Waals surface area contributed by atoms with Crippen LogP contribution in [0.1, 0.15) is 126 Å². The molecule has 26 heteroatoms. The molecule has 0 spiro atoms. The van der Waals surface area contributed by atoms with Gasteiger partial charge in [-0.05, 0) is 107 Å². The lowest BCUT2D eigenvalue weighted by atomic mass is 9.78. The van der Waals surface area contributed by atoms with Gasteiger partial charge >= 0.3 is 12.1 Å². The molecule has 1 saturated carbocycles. The van der Waals surface area contributed by atoms with Gasteiger partial charge in [0.25, 0.3) is 11.7 Å². The molecule has 4 unspecified atom stereocenters. The normalized spacial score (nSPS) is 42.7.